The van der Waals surface area contributed by atoms with Crippen molar-refractivity contribution in [2.75, 3.05) is 0 Å². The number of hydrogen-bond acceptors (Lipinski definition) is 2. The van der Waals surface area contributed by atoms with Crippen molar-refractivity contribution in [3.8, 4) is 0 Å². The molecule has 1 aromatic rings. The van der Waals surface area contributed by atoms with Gasteiger partial charge in [-0.3, -0.25) is 0 Å². The fourth-order valence-electron chi connectivity index (χ4n) is 1.84. The number of hydrogen-bond donors (Lipinski definition) is 1. The zero-order chi connectivity index (χ0) is 10.8. The van der Waals surface area contributed by atoms with Gasteiger partial charge in [-0.2, -0.15) is 0 Å². The quantitative estimate of drug-likeness (QED) is 0.614. The average molecular weight is 226 g/mol. The van der Waals surface area contributed by atoms with Crippen molar-refractivity contribution in [3.05, 3.63) is 29.6 Å². The second-order valence-corrected chi connectivity index (χ2v) is 4.41. The first-order chi connectivity index (χ1) is 7.20. The van der Waals surface area contributed by atoms with Crippen LogP contribution in [0.1, 0.15) is 25.3 Å². The van der Waals surface area contributed by atoms with Crippen LogP contribution in [0.4, 0.5) is 4.39 Å². The Morgan fingerprint density at radius 3 is 2.87 bits per heavy atom. The Morgan fingerprint density at radius 2 is 2.20 bits per heavy atom. The van der Waals surface area contributed by atoms with E-state index in [2.05, 4.69) is 19.6 Å². The van der Waals surface area contributed by atoms with E-state index < -0.39 is 0 Å². The molecule has 2 atom stereocenters. The lowest BCUT2D eigenvalue weighted by atomic mass is 10.1. The van der Waals surface area contributed by atoms with Gasteiger partial charge in [-0.05, 0) is 43.0 Å². The number of ether oxygens (including phenoxy) is 1. The maximum absolute atomic E-state index is 13.0. The lowest BCUT2D eigenvalue weighted by Crippen LogP contribution is -1.97. The minimum atomic E-state index is -0.188. The van der Waals surface area contributed by atoms with Gasteiger partial charge < -0.3 is 4.74 Å². The van der Waals surface area contributed by atoms with Crippen LogP contribution in [0.2, 0.25) is 0 Å². The molecular formula is C12H15FOS. The van der Waals surface area contributed by atoms with Gasteiger partial charge in [-0.1, -0.05) is 6.92 Å². The van der Waals surface area contributed by atoms with Crippen LogP contribution in [0.15, 0.2) is 23.1 Å². The molecule has 1 aliphatic rings. The lowest BCUT2D eigenvalue weighted by Gasteiger charge is -2.03. The largest absolute Gasteiger partial charge is 0.370 e. The van der Waals surface area contributed by atoms with Gasteiger partial charge in [0.25, 0.3) is 0 Å². The van der Waals surface area contributed by atoms with Gasteiger partial charge in [0.1, 0.15) is 5.82 Å². The first kappa shape index (κ1) is 11.0. The first-order valence-corrected chi connectivity index (χ1v) is 5.78. The SMILES string of the molecule is CCC1OC1CCc1cc(F)ccc1S. The minimum absolute atomic E-state index is 0.188. The topological polar surface area (TPSA) is 12.5 Å². The smallest absolute Gasteiger partial charge is 0.123 e. The second kappa shape index (κ2) is 4.54. The Balaban J connectivity index is 1.91. The summed E-state index contributed by atoms with van der Waals surface area (Å²) in [6.07, 6.45) is 3.70. The monoisotopic (exact) mass is 226 g/mol. The van der Waals surface area contributed by atoms with E-state index in [4.69, 9.17) is 4.74 Å². The van der Waals surface area contributed by atoms with Crippen molar-refractivity contribution in [2.45, 2.75) is 43.3 Å². The van der Waals surface area contributed by atoms with Crippen molar-refractivity contribution >= 4 is 12.6 Å². The zero-order valence-corrected chi connectivity index (χ0v) is 9.64. The molecule has 0 radical (unpaired) electrons. The highest BCUT2D eigenvalue weighted by Crippen LogP contribution is 2.30. The van der Waals surface area contributed by atoms with E-state index in [0.717, 1.165) is 29.7 Å². The van der Waals surface area contributed by atoms with E-state index in [1.165, 1.54) is 6.07 Å². The predicted molar refractivity (Wildman–Crippen MR) is 60.9 cm³/mol. The van der Waals surface area contributed by atoms with Crippen molar-refractivity contribution in [1.82, 2.24) is 0 Å². The number of rotatable bonds is 4. The van der Waals surface area contributed by atoms with Crippen molar-refractivity contribution in [2.24, 2.45) is 0 Å². The number of benzene rings is 1. The molecule has 1 heterocycles. The molecular weight excluding hydrogens is 211 g/mol. The summed E-state index contributed by atoms with van der Waals surface area (Å²) in [5.41, 5.74) is 0.976. The Hall–Kier alpha value is -0.540. The maximum atomic E-state index is 13.0. The highest BCUT2D eigenvalue weighted by Gasteiger charge is 2.36. The van der Waals surface area contributed by atoms with Crippen molar-refractivity contribution in [3.63, 3.8) is 0 Å². The molecule has 0 bridgehead atoms. The highest BCUT2D eigenvalue weighted by atomic mass is 32.1. The lowest BCUT2D eigenvalue weighted by molar-refractivity contribution is 0.359. The van der Waals surface area contributed by atoms with Gasteiger partial charge >= 0.3 is 0 Å². The molecule has 0 aromatic heterocycles. The minimum Gasteiger partial charge on any atom is -0.370 e. The van der Waals surface area contributed by atoms with E-state index in [9.17, 15) is 4.39 Å². The molecule has 1 fully saturated rings. The zero-order valence-electron chi connectivity index (χ0n) is 8.74. The average Bonchev–Trinajstić information content (AvgIpc) is 2.98. The van der Waals surface area contributed by atoms with E-state index in [-0.39, 0.29) is 5.82 Å². The fourth-order valence-corrected chi connectivity index (χ4v) is 2.10. The summed E-state index contributed by atoms with van der Waals surface area (Å²) in [5, 5.41) is 0. The van der Waals surface area contributed by atoms with E-state index in [0.29, 0.717) is 12.2 Å². The van der Waals surface area contributed by atoms with E-state index in [1.54, 1.807) is 12.1 Å². The molecule has 1 saturated heterocycles. The molecule has 0 amide bonds. The summed E-state index contributed by atoms with van der Waals surface area (Å²) in [5.74, 6) is -0.188. The van der Waals surface area contributed by atoms with Crippen LogP contribution in [0, 0.1) is 5.82 Å². The third-order valence-electron chi connectivity index (χ3n) is 2.83. The second-order valence-electron chi connectivity index (χ2n) is 3.93. The molecule has 2 unspecified atom stereocenters. The molecule has 1 aromatic carbocycles. The Kier molecular flexibility index (Phi) is 3.32. The van der Waals surface area contributed by atoms with Crippen LogP contribution in [0.25, 0.3) is 0 Å². The van der Waals surface area contributed by atoms with E-state index in [1.807, 2.05) is 0 Å². The van der Waals surface area contributed by atoms with Crippen LogP contribution in [0.5, 0.6) is 0 Å². The summed E-state index contributed by atoms with van der Waals surface area (Å²) in [7, 11) is 0. The molecule has 82 valence electrons. The van der Waals surface area contributed by atoms with Gasteiger partial charge in [0, 0.05) is 4.90 Å². The number of thiol groups is 1. The molecule has 15 heavy (non-hydrogen) atoms. The normalized spacial score (nSPS) is 24.2. The van der Waals surface area contributed by atoms with Crippen LogP contribution in [-0.4, -0.2) is 12.2 Å². The summed E-state index contributed by atoms with van der Waals surface area (Å²) >= 11 is 4.31. The summed E-state index contributed by atoms with van der Waals surface area (Å²) < 4.78 is 18.4. The number of epoxide rings is 1. The number of halogens is 1. The Labute approximate surface area is 95.0 Å². The van der Waals surface area contributed by atoms with Gasteiger partial charge in [0.05, 0.1) is 12.2 Å². The highest BCUT2D eigenvalue weighted by molar-refractivity contribution is 7.80. The molecule has 1 aliphatic heterocycles. The Bertz CT molecular complexity index is 353. The third-order valence-corrected chi connectivity index (χ3v) is 3.27. The van der Waals surface area contributed by atoms with Gasteiger partial charge in [-0.25, -0.2) is 4.39 Å². The molecule has 1 nitrogen and oxygen atoms in total. The Morgan fingerprint density at radius 1 is 1.40 bits per heavy atom. The summed E-state index contributed by atoms with van der Waals surface area (Å²) in [6.45, 7) is 2.12. The third kappa shape index (κ3) is 2.73. The van der Waals surface area contributed by atoms with Gasteiger partial charge in [-0.15, -0.1) is 12.6 Å². The molecule has 0 aliphatic carbocycles. The van der Waals surface area contributed by atoms with Crippen molar-refractivity contribution in [1.29, 1.82) is 0 Å². The van der Waals surface area contributed by atoms with Crippen LogP contribution < -0.4 is 0 Å². The molecule has 0 N–H and O–H groups in total. The van der Waals surface area contributed by atoms with Crippen LogP contribution >= 0.6 is 12.6 Å². The standard InChI is InChI=1S/C12H15FOS/c1-2-10-11(14-10)5-3-8-7-9(13)4-6-12(8)15/h4,6-7,10-11,15H,2-3,5H2,1H3. The fraction of sp³-hybridized carbons (Fsp3) is 0.500. The van der Waals surface area contributed by atoms with Crippen LogP contribution in [-0.2, 0) is 11.2 Å². The molecule has 0 saturated carbocycles. The van der Waals surface area contributed by atoms with Crippen LogP contribution in [0.3, 0.4) is 0 Å². The molecule has 2 rings (SSSR count). The van der Waals surface area contributed by atoms with Gasteiger partial charge in [0.15, 0.2) is 0 Å². The maximum Gasteiger partial charge on any atom is 0.123 e. The van der Waals surface area contributed by atoms with E-state index >= 15 is 0 Å². The summed E-state index contributed by atoms with van der Waals surface area (Å²) in [4.78, 5) is 0.866. The molecule has 0 spiro atoms. The van der Waals surface area contributed by atoms with Crippen molar-refractivity contribution < 1.29 is 9.13 Å². The number of aryl methyl sites for hydroxylation is 1. The van der Waals surface area contributed by atoms with Gasteiger partial charge in [0.2, 0.25) is 0 Å². The summed E-state index contributed by atoms with van der Waals surface area (Å²) in [6, 6.07) is 4.71. The molecule has 3 heteroatoms. The predicted octanol–water partition coefficient (Wildman–Crippen LogP) is 3.22. The first-order valence-electron chi connectivity index (χ1n) is 5.33.